The molecule has 2 aromatic rings. The SMILES string of the molecule is Cc1ccc(C(F)(F)F)cc1Nc1n[nH]c(=S)s1. The summed E-state index contributed by atoms with van der Waals surface area (Å²) in [6.45, 7) is 1.72. The minimum Gasteiger partial charge on any atom is -0.330 e. The highest BCUT2D eigenvalue weighted by atomic mass is 32.1. The van der Waals surface area contributed by atoms with E-state index in [9.17, 15) is 13.2 Å². The Morgan fingerprint density at radius 2 is 2.11 bits per heavy atom. The number of alkyl halides is 3. The Morgan fingerprint density at radius 1 is 1.39 bits per heavy atom. The van der Waals surface area contributed by atoms with Crippen molar-refractivity contribution in [2.75, 3.05) is 5.32 Å². The van der Waals surface area contributed by atoms with E-state index in [-0.39, 0.29) is 0 Å². The number of anilines is 2. The molecule has 3 nitrogen and oxygen atoms in total. The van der Waals surface area contributed by atoms with Crippen LogP contribution in [0, 0.1) is 10.9 Å². The lowest BCUT2D eigenvalue weighted by atomic mass is 10.1. The largest absolute Gasteiger partial charge is 0.416 e. The average molecular weight is 291 g/mol. The van der Waals surface area contributed by atoms with Crippen molar-refractivity contribution in [3.05, 3.63) is 33.3 Å². The van der Waals surface area contributed by atoms with Gasteiger partial charge in [-0.1, -0.05) is 17.4 Å². The zero-order valence-electron chi connectivity index (χ0n) is 9.13. The number of aromatic nitrogens is 2. The quantitative estimate of drug-likeness (QED) is 0.812. The highest BCUT2D eigenvalue weighted by Gasteiger charge is 2.30. The minimum atomic E-state index is -4.36. The zero-order valence-corrected chi connectivity index (χ0v) is 10.8. The molecule has 0 aliphatic carbocycles. The lowest BCUT2D eigenvalue weighted by Crippen LogP contribution is -2.06. The van der Waals surface area contributed by atoms with E-state index in [1.807, 2.05) is 0 Å². The van der Waals surface area contributed by atoms with Gasteiger partial charge in [0.1, 0.15) is 0 Å². The smallest absolute Gasteiger partial charge is 0.330 e. The summed E-state index contributed by atoms with van der Waals surface area (Å²) in [5.41, 5.74) is 0.362. The molecule has 2 N–H and O–H groups in total. The van der Waals surface area contributed by atoms with Crippen LogP contribution < -0.4 is 5.32 Å². The lowest BCUT2D eigenvalue weighted by Gasteiger charge is -2.11. The van der Waals surface area contributed by atoms with Gasteiger partial charge in [0.25, 0.3) is 0 Å². The molecule has 1 aromatic carbocycles. The van der Waals surface area contributed by atoms with E-state index in [0.29, 0.717) is 20.3 Å². The highest BCUT2D eigenvalue weighted by molar-refractivity contribution is 7.73. The number of aryl methyl sites for hydroxylation is 1. The van der Waals surface area contributed by atoms with E-state index in [0.717, 1.165) is 23.5 Å². The first-order valence-corrected chi connectivity index (χ1v) is 6.09. The Hall–Kier alpha value is -1.41. The third-order valence-electron chi connectivity index (χ3n) is 2.24. The Labute approximate surface area is 110 Å². The molecule has 8 heteroatoms. The van der Waals surface area contributed by atoms with Gasteiger partial charge < -0.3 is 5.32 Å². The third-order valence-corrected chi connectivity index (χ3v) is 3.25. The summed E-state index contributed by atoms with van der Waals surface area (Å²) in [5.74, 6) is 0. The van der Waals surface area contributed by atoms with Crippen LogP contribution in [0.1, 0.15) is 11.1 Å². The molecule has 0 bridgehead atoms. The molecule has 0 amide bonds. The number of rotatable bonds is 2. The molecule has 0 saturated heterocycles. The van der Waals surface area contributed by atoms with Crippen LogP contribution in [0.25, 0.3) is 0 Å². The molecule has 0 spiro atoms. The molecule has 1 heterocycles. The number of hydrogen-bond donors (Lipinski definition) is 2. The van der Waals surface area contributed by atoms with Crippen molar-refractivity contribution in [3.8, 4) is 0 Å². The first-order chi connectivity index (χ1) is 8.36. The van der Waals surface area contributed by atoms with Gasteiger partial charge in [-0.3, -0.25) is 5.10 Å². The van der Waals surface area contributed by atoms with Crippen molar-refractivity contribution in [1.29, 1.82) is 0 Å². The molecule has 0 unspecified atom stereocenters. The summed E-state index contributed by atoms with van der Waals surface area (Å²) in [7, 11) is 0. The average Bonchev–Trinajstić information content (AvgIpc) is 2.66. The van der Waals surface area contributed by atoms with Crippen LogP contribution in [0.4, 0.5) is 24.0 Å². The van der Waals surface area contributed by atoms with Crippen molar-refractivity contribution >= 4 is 34.4 Å². The Kier molecular flexibility index (Phi) is 3.40. The van der Waals surface area contributed by atoms with Crippen molar-refractivity contribution in [2.24, 2.45) is 0 Å². The highest BCUT2D eigenvalue weighted by Crippen LogP contribution is 2.33. The standard InChI is InChI=1S/C10H8F3N3S2/c1-5-2-3-6(10(11,12)13)4-7(5)14-8-15-16-9(17)18-8/h2-4H,1H3,(H,14,15)(H,16,17). The monoisotopic (exact) mass is 291 g/mol. The molecule has 0 fully saturated rings. The second kappa shape index (κ2) is 4.69. The van der Waals surface area contributed by atoms with Gasteiger partial charge in [0, 0.05) is 5.69 Å². The normalized spacial score (nSPS) is 11.6. The molecule has 0 radical (unpaired) electrons. The molecule has 0 aliphatic rings. The van der Waals surface area contributed by atoms with Gasteiger partial charge in [-0.05, 0) is 36.8 Å². The van der Waals surface area contributed by atoms with Crippen LogP contribution in [0.15, 0.2) is 18.2 Å². The second-order valence-electron chi connectivity index (χ2n) is 3.57. The molecule has 0 saturated carbocycles. The predicted molar refractivity (Wildman–Crippen MR) is 66.8 cm³/mol. The van der Waals surface area contributed by atoms with Crippen LogP contribution in [0.5, 0.6) is 0 Å². The maximum Gasteiger partial charge on any atom is 0.416 e. The van der Waals surface area contributed by atoms with Gasteiger partial charge in [-0.25, -0.2) is 0 Å². The Balaban J connectivity index is 2.35. The fourth-order valence-corrected chi connectivity index (χ4v) is 2.13. The molecule has 0 aliphatic heterocycles. The van der Waals surface area contributed by atoms with Crippen LogP contribution in [0.3, 0.4) is 0 Å². The third kappa shape index (κ3) is 2.88. The number of aromatic amines is 1. The van der Waals surface area contributed by atoms with E-state index in [1.54, 1.807) is 6.92 Å². The Bertz CT molecular complexity index is 615. The van der Waals surface area contributed by atoms with E-state index in [1.165, 1.54) is 6.07 Å². The van der Waals surface area contributed by atoms with E-state index in [2.05, 4.69) is 15.5 Å². The number of nitrogens with zero attached hydrogens (tertiary/aromatic N) is 1. The molecule has 2 rings (SSSR count). The van der Waals surface area contributed by atoms with Crippen LogP contribution in [-0.4, -0.2) is 10.2 Å². The first kappa shape index (κ1) is 13.0. The summed E-state index contributed by atoms with van der Waals surface area (Å²) in [6, 6.07) is 3.52. The molecule has 18 heavy (non-hydrogen) atoms. The second-order valence-corrected chi connectivity index (χ2v) is 5.24. The zero-order chi connectivity index (χ0) is 13.3. The summed E-state index contributed by atoms with van der Waals surface area (Å²) < 4.78 is 38.2. The summed E-state index contributed by atoms with van der Waals surface area (Å²) in [5, 5.41) is 9.64. The van der Waals surface area contributed by atoms with Crippen molar-refractivity contribution in [2.45, 2.75) is 13.1 Å². The van der Waals surface area contributed by atoms with E-state index >= 15 is 0 Å². The van der Waals surface area contributed by atoms with Crippen LogP contribution in [-0.2, 0) is 6.18 Å². The van der Waals surface area contributed by atoms with Gasteiger partial charge in [-0.2, -0.15) is 13.2 Å². The fourth-order valence-electron chi connectivity index (χ4n) is 1.33. The minimum absolute atomic E-state index is 0.363. The summed E-state index contributed by atoms with van der Waals surface area (Å²) in [6.07, 6.45) is -4.36. The lowest BCUT2D eigenvalue weighted by molar-refractivity contribution is -0.137. The van der Waals surface area contributed by atoms with E-state index < -0.39 is 11.7 Å². The first-order valence-electron chi connectivity index (χ1n) is 4.86. The number of halogens is 3. The number of benzene rings is 1. The van der Waals surface area contributed by atoms with Gasteiger partial charge >= 0.3 is 6.18 Å². The maximum absolute atomic E-state index is 12.6. The summed E-state index contributed by atoms with van der Waals surface area (Å²) in [4.78, 5) is 0. The van der Waals surface area contributed by atoms with E-state index in [4.69, 9.17) is 12.2 Å². The van der Waals surface area contributed by atoms with Crippen molar-refractivity contribution < 1.29 is 13.2 Å². The van der Waals surface area contributed by atoms with Crippen molar-refractivity contribution in [3.63, 3.8) is 0 Å². The predicted octanol–water partition coefficient (Wildman–Crippen LogP) is 4.27. The summed E-state index contributed by atoms with van der Waals surface area (Å²) >= 11 is 6.01. The van der Waals surface area contributed by atoms with Crippen LogP contribution in [0.2, 0.25) is 0 Å². The van der Waals surface area contributed by atoms with Gasteiger partial charge in [0.05, 0.1) is 5.56 Å². The van der Waals surface area contributed by atoms with Crippen LogP contribution >= 0.6 is 23.6 Å². The number of hydrogen-bond acceptors (Lipinski definition) is 4. The van der Waals surface area contributed by atoms with Gasteiger partial charge in [-0.15, -0.1) is 5.10 Å². The fraction of sp³-hybridized carbons (Fsp3) is 0.200. The number of nitrogens with one attached hydrogen (secondary N) is 2. The topological polar surface area (TPSA) is 40.7 Å². The number of H-pyrrole nitrogens is 1. The van der Waals surface area contributed by atoms with Crippen molar-refractivity contribution in [1.82, 2.24) is 10.2 Å². The van der Waals surface area contributed by atoms with Gasteiger partial charge in [0.2, 0.25) is 5.13 Å². The molecular weight excluding hydrogens is 283 g/mol. The molecule has 96 valence electrons. The molecule has 1 aromatic heterocycles. The molecule has 0 atom stereocenters. The van der Waals surface area contributed by atoms with Gasteiger partial charge in [0.15, 0.2) is 3.95 Å². The Morgan fingerprint density at radius 3 is 2.67 bits per heavy atom. The maximum atomic E-state index is 12.6. The molecular formula is C10H8F3N3S2.